The Balaban J connectivity index is 1.33. The predicted molar refractivity (Wildman–Crippen MR) is 144 cm³/mol. The lowest BCUT2D eigenvalue weighted by Crippen LogP contribution is -2.53. The van der Waals surface area contributed by atoms with Crippen molar-refractivity contribution < 1.29 is 9.47 Å². The van der Waals surface area contributed by atoms with Crippen LogP contribution in [0.2, 0.25) is 0 Å². The van der Waals surface area contributed by atoms with Gasteiger partial charge in [0, 0.05) is 67.1 Å². The lowest BCUT2D eigenvalue weighted by atomic mass is 9.91. The van der Waals surface area contributed by atoms with Gasteiger partial charge in [0.1, 0.15) is 0 Å². The number of nitrogens with zero attached hydrogens (tertiary/aromatic N) is 3. The van der Waals surface area contributed by atoms with E-state index in [1.54, 1.807) is 14.2 Å². The van der Waals surface area contributed by atoms with Crippen LogP contribution in [0, 0.1) is 0 Å². The third-order valence-electron chi connectivity index (χ3n) is 7.42. The Morgan fingerprint density at radius 1 is 0.771 bits per heavy atom. The zero-order valence-corrected chi connectivity index (χ0v) is 21.2. The van der Waals surface area contributed by atoms with Crippen LogP contribution >= 0.6 is 0 Å². The Morgan fingerprint density at radius 3 is 2.23 bits per heavy atom. The van der Waals surface area contributed by atoms with E-state index in [1.165, 1.54) is 27.6 Å². The third-order valence-corrected chi connectivity index (χ3v) is 7.42. The maximum absolute atomic E-state index is 5.49. The van der Waals surface area contributed by atoms with Gasteiger partial charge in [-0.2, -0.15) is 0 Å². The molecule has 182 valence electrons. The van der Waals surface area contributed by atoms with Crippen molar-refractivity contribution in [3.63, 3.8) is 0 Å². The van der Waals surface area contributed by atoms with E-state index in [1.807, 2.05) is 6.07 Å². The highest BCUT2D eigenvalue weighted by atomic mass is 16.5. The zero-order chi connectivity index (χ0) is 24.4. The van der Waals surface area contributed by atoms with Gasteiger partial charge in [-0.25, -0.2) is 0 Å². The molecule has 1 saturated heterocycles. The molecule has 3 aromatic carbocycles. The predicted octanol–water partition coefficient (Wildman–Crippen LogP) is 5.76. The van der Waals surface area contributed by atoms with E-state index in [0.717, 1.165) is 44.2 Å². The highest BCUT2D eigenvalue weighted by Crippen LogP contribution is 2.33. The quantitative estimate of drug-likeness (QED) is 0.344. The minimum absolute atomic E-state index is 0.0299. The van der Waals surface area contributed by atoms with Crippen LogP contribution in [0.25, 0.3) is 10.8 Å². The van der Waals surface area contributed by atoms with Crippen LogP contribution in [0.15, 0.2) is 79.1 Å². The third kappa shape index (κ3) is 4.61. The number of hydrogen-bond donors (Lipinski definition) is 0. The van der Waals surface area contributed by atoms with Gasteiger partial charge >= 0.3 is 0 Å². The number of ether oxygens (including phenoxy) is 2. The average Bonchev–Trinajstić information content (AvgIpc) is 3.31. The minimum Gasteiger partial charge on any atom is -0.493 e. The first-order valence-electron chi connectivity index (χ1n) is 12.3. The number of benzene rings is 3. The van der Waals surface area contributed by atoms with Crippen molar-refractivity contribution in [1.29, 1.82) is 0 Å². The van der Waals surface area contributed by atoms with Crippen LogP contribution in [-0.2, 0) is 12.1 Å². The highest BCUT2D eigenvalue weighted by molar-refractivity contribution is 5.94. The van der Waals surface area contributed by atoms with E-state index in [0.29, 0.717) is 0 Å². The number of methoxy groups -OCH3 is 2. The van der Waals surface area contributed by atoms with Gasteiger partial charge in [-0.3, -0.25) is 4.90 Å². The highest BCUT2D eigenvalue weighted by Gasteiger charge is 2.31. The molecule has 0 unspecified atom stereocenters. The Hall–Kier alpha value is -3.44. The molecule has 5 rings (SSSR count). The molecule has 0 radical (unpaired) electrons. The molecule has 1 aliphatic heterocycles. The van der Waals surface area contributed by atoms with Gasteiger partial charge in [0.25, 0.3) is 0 Å². The molecule has 1 aromatic heterocycles. The maximum atomic E-state index is 5.49. The Labute approximate surface area is 208 Å². The molecule has 0 saturated carbocycles. The number of anilines is 1. The first kappa shape index (κ1) is 23.3. The standard InChI is InChI=1S/C30H35N3O2/c1-30(2,25-10-6-5-7-11-25)33-17-15-32(16-18-33)27-12-8-9-24-21-31(22-26(24)27)20-23-13-14-28(34-3)29(19-23)35-4/h5-14,19,21-22H,15-18,20H2,1-4H3. The molecule has 0 aliphatic carbocycles. The summed E-state index contributed by atoms with van der Waals surface area (Å²) < 4.78 is 13.1. The Morgan fingerprint density at radius 2 is 1.51 bits per heavy atom. The van der Waals surface area contributed by atoms with E-state index in [-0.39, 0.29) is 5.54 Å². The first-order chi connectivity index (χ1) is 17.0. The van der Waals surface area contributed by atoms with Crippen LogP contribution in [0.3, 0.4) is 0 Å². The fraction of sp³-hybridized carbons (Fsp3) is 0.333. The molecule has 0 N–H and O–H groups in total. The normalized spacial score (nSPS) is 14.9. The molecule has 4 aromatic rings. The van der Waals surface area contributed by atoms with Gasteiger partial charge in [-0.15, -0.1) is 0 Å². The van der Waals surface area contributed by atoms with Crippen LogP contribution in [0.1, 0.15) is 25.0 Å². The van der Waals surface area contributed by atoms with E-state index in [9.17, 15) is 0 Å². The summed E-state index contributed by atoms with van der Waals surface area (Å²) in [5, 5.41) is 2.58. The van der Waals surface area contributed by atoms with E-state index < -0.39 is 0 Å². The lowest BCUT2D eigenvalue weighted by molar-refractivity contribution is 0.111. The monoisotopic (exact) mass is 469 g/mol. The van der Waals surface area contributed by atoms with Crippen molar-refractivity contribution >= 4 is 16.5 Å². The summed E-state index contributed by atoms with van der Waals surface area (Å²) in [6, 6.07) is 23.6. The molecule has 0 spiro atoms. The van der Waals surface area contributed by atoms with E-state index in [4.69, 9.17) is 9.47 Å². The summed E-state index contributed by atoms with van der Waals surface area (Å²) >= 11 is 0. The van der Waals surface area contributed by atoms with Crippen molar-refractivity contribution in [2.24, 2.45) is 0 Å². The van der Waals surface area contributed by atoms with Crippen molar-refractivity contribution in [2.75, 3.05) is 45.3 Å². The summed E-state index contributed by atoms with van der Waals surface area (Å²) in [4.78, 5) is 5.15. The summed E-state index contributed by atoms with van der Waals surface area (Å²) in [5.41, 5.74) is 3.91. The number of piperazine rings is 1. The van der Waals surface area contributed by atoms with Gasteiger partial charge in [0.05, 0.1) is 14.2 Å². The summed E-state index contributed by atoms with van der Waals surface area (Å²) in [7, 11) is 3.35. The molecular formula is C30H35N3O2. The molecule has 5 heteroatoms. The molecule has 0 bridgehead atoms. The summed E-state index contributed by atoms with van der Waals surface area (Å²) in [5.74, 6) is 1.52. The largest absolute Gasteiger partial charge is 0.493 e. The van der Waals surface area contributed by atoms with Crippen LogP contribution in [0.4, 0.5) is 5.69 Å². The van der Waals surface area contributed by atoms with Gasteiger partial charge in [-0.05, 0) is 43.2 Å². The second-order valence-corrected chi connectivity index (χ2v) is 9.80. The molecule has 5 nitrogen and oxygen atoms in total. The molecule has 35 heavy (non-hydrogen) atoms. The molecule has 0 atom stereocenters. The van der Waals surface area contributed by atoms with Crippen LogP contribution < -0.4 is 14.4 Å². The Kier molecular flexibility index (Phi) is 6.44. The van der Waals surface area contributed by atoms with Gasteiger partial charge in [-0.1, -0.05) is 48.5 Å². The lowest BCUT2D eigenvalue weighted by Gasteiger charge is -2.45. The van der Waals surface area contributed by atoms with Crippen molar-refractivity contribution in [3.05, 3.63) is 90.3 Å². The maximum Gasteiger partial charge on any atom is 0.161 e. The van der Waals surface area contributed by atoms with Crippen LogP contribution in [-0.4, -0.2) is 49.9 Å². The molecule has 0 amide bonds. The fourth-order valence-electron chi connectivity index (χ4n) is 5.30. The molecular weight excluding hydrogens is 434 g/mol. The van der Waals surface area contributed by atoms with E-state index in [2.05, 4.69) is 101 Å². The van der Waals surface area contributed by atoms with E-state index >= 15 is 0 Å². The molecule has 1 aliphatic rings. The van der Waals surface area contributed by atoms with Gasteiger partial charge in [0.2, 0.25) is 0 Å². The number of fused-ring (bicyclic) bond motifs is 1. The average molecular weight is 470 g/mol. The van der Waals surface area contributed by atoms with Crippen molar-refractivity contribution in [1.82, 2.24) is 9.47 Å². The summed E-state index contributed by atoms with van der Waals surface area (Å²) in [6.07, 6.45) is 4.52. The second kappa shape index (κ2) is 9.67. The molecule has 2 heterocycles. The zero-order valence-electron chi connectivity index (χ0n) is 21.2. The van der Waals surface area contributed by atoms with Gasteiger partial charge < -0.3 is 18.9 Å². The topological polar surface area (TPSA) is 29.9 Å². The SMILES string of the molecule is COc1ccc(Cn2cc3cccc(N4CCN(C(C)(C)c5ccccc5)CC4)c3c2)cc1OC. The molecule has 1 fully saturated rings. The first-order valence-corrected chi connectivity index (χ1v) is 12.3. The van der Waals surface area contributed by atoms with Crippen molar-refractivity contribution in [2.45, 2.75) is 25.9 Å². The number of aromatic nitrogens is 1. The number of rotatable bonds is 7. The van der Waals surface area contributed by atoms with Gasteiger partial charge in [0.15, 0.2) is 11.5 Å². The number of hydrogen-bond acceptors (Lipinski definition) is 4. The minimum atomic E-state index is 0.0299. The summed E-state index contributed by atoms with van der Waals surface area (Å²) in [6.45, 7) is 9.61. The smallest absolute Gasteiger partial charge is 0.161 e. The fourth-order valence-corrected chi connectivity index (χ4v) is 5.30. The van der Waals surface area contributed by atoms with Crippen LogP contribution in [0.5, 0.6) is 11.5 Å². The Bertz CT molecular complexity index is 1290. The van der Waals surface area contributed by atoms with Crippen molar-refractivity contribution in [3.8, 4) is 11.5 Å². The second-order valence-electron chi connectivity index (χ2n) is 9.80.